The van der Waals surface area contributed by atoms with E-state index in [0.717, 1.165) is 12.0 Å². The molecule has 0 amide bonds. The Morgan fingerprint density at radius 1 is 1.25 bits per heavy atom. The first-order valence-corrected chi connectivity index (χ1v) is 11.2. The Morgan fingerprint density at radius 2 is 1.93 bits per heavy atom. The summed E-state index contributed by atoms with van der Waals surface area (Å²) in [4.78, 5) is 12.8. The van der Waals surface area contributed by atoms with E-state index in [1.54, 1.807) is 32.2 Å². The highest BCUT2D eigenvalue weighted by molar-refractivity contribution is 7.93. The van der Waals surface area contributed by atoms with Gasteiger partial charge in [0.25, 0.3) is 5.56 Å². The van der Waals surface area contributed by atoms with E-state index in [9.17, 15) is 17.6 Å². The van der Waals surface area contributed by atoms with Crippen LogP contribution >= 0.6 is 0 Å². The molecular formula is C21H27FN2O3S. The summed E-state index contributed by atoms with van der Waals surface area (Å²) in [6.45, 7) is 7.21. The van der Waals surface area contributed by atoms with Crippen molar-refractivity contribution >= 4 is 15.7 Å². The Kier molecular flexibility index (Phi) is 5.66. The van der Waals surface area contributed by atoms with Gasteiger partial charge in [0.2, 0.25) is 10.0 Å². The number of sulfonamides is 1. The van der Waals surface area contributed by atoms with Crippen molar-refractivity contribution in [2.75, 3.05) is 4.72 Å². The van der Waals surface area contributed by atoms with Gasteiger partial charge < -0.3 is 4.57 Å². The van der Waals surface area contributed by atoms with Gasteiger partial charge in [-0.2, -0.15) is 0 Å². The van der Waals surface area contributed by atoms with Gasteiger partial charge in [-0.15, -0.1) is 0 Å². The molecule has 1 aromatic carbocycles. The summed E-state index contributed by atoms with van der Waals surface area (Å²) in [5.41, 5.74) is 2.36. The second kappa shape index (κ2) is 7.70. The number of hydrogen-bond acceptors (Lipinski definition) is 3. The number of benzene rings is 1. The maximum Gasteiger partial charge on any atom is 0.254 e. The van der Waals surface area contributed by atoms with Crippen LogP contribution in [0.15, 0.2) is 29.2 Å². The van der Waals surface area contributed by atoms with Crippen molar-refractivity contribution < 1.29 is 12.8 Å². The first kappa shape index (κ1) is 20.6. The number of anilines is 1. The molecule has 0 bridgehead atoms. The fourth-order valence-electron chi connectivity index (χ4n) is 3.40. The molecule has 0 unspecified atom stereocenters. The molecule has 28 heavy (non-hydrogen) atoms. The fourth-order valence-corrected chi connectivity index (χ4v) is 5.01. The quantitative estimate of drug-likeness (QED) is 0.786. The van der Waals surface area contributed by atoms with Crippen LogP contribution in [0, 0.1) is 19.7 Å². The number of nitrogens with zero attached hydrogens (tertiary/aromatic N) is 1. The normalized spacial score (nSPS) is 14.9. The standard InChI is InChI=1S/C21H27FN2O3S/c1-13(2)24-12-20(23-28(26,27)17-6-5-7-17)18(15(4)21(24)25)11-16-9-8-14(3)10-19(16)22/h8-10,12-13,17,23H,5-7,11H2,1-4H3. The minimum atomic E-state index is -3.54. The summed E-state index contributed by atoms with van der Waals surface area (Å²) >= 11 is 0. The molecule has 1 aliphatic rings. The lowest BCUT2D eigenvalue weighted by molar-refractivity contribution is 0.479. The molecule has 1 aromatic heterocycles. The van der Waals surface area contributed by atoms with Crippen LogP contribution in [-0.4, -0.2) is 18.2 Å². The maximum atomic E-state index is 14.4. The zero-order valence-corrected chi connectivity index (χ0v) is 17.6. The second-order valence-corrected chi connectivity index (χ2v) is 9.88. The lowest BCUT2D eigenvalue weighted by Crippen LogP contribution is -2.35. The summed E-state index contributed by atoms with van der Waals surface area (Å²) < 4.78 is 44.0. The van der Waals surface area contributed by atoms with Crippen molar-refractivity contribution in [1.82, 2.24) is 4.57 Å². The molecule has 0 saturated heterocycles. The molecule has 2 aromatic rings. The van der Waals surface area contributed by atoms with Crippen LogP contribution in [0.2, 0.25) is 0 Å². The van der Waals surface area contributed by atoms with Crippen molar-refractivity contribution in [3.8, 4) is 0 Å². The number of pyridine rings is 1. The van der Waals surface area contributed by atoms with E-state index in [2.05, 4.69) is 4.72 Å². The Balaban J connectivity index is 2.10. The minimum Gasteiger partial charge on any atom is -0.311 e. The molecule has 1 N–H and O–H groups in total. The van der Waals surface area contributed by atoms with E-state index in [1.807, 2.05) is 13.8 Å². The highest BCUT2D eigenvalue weighted by Gasteiger charge is 2.32. The topological polar surface area (TPSA) is 68.2 Å². The van der Waals surface area contributed by atoms with Gasteiger partial charge in [-0.1, -0.05) is 18.6 Å². The number of hydrogen-bond donors (Lipinski definition) is 1. The number of rotatable bonds is 6. The molecule has 0 radical (unpaired) electrons. The van der Waals surface area contributed by atoms with Crippen LogP contribution in [0.4, 0.5) is 10.1 Å². The van der Waals surface area contributed by atoms with E-state index >= 15 is 0 Å². The zero-order chi connectivity index (χ0) is 20.6. The summed E-state index contributed by atoms with van der Waals surface area (Å²) in [7, 11) is -3.54. The van der Waals surface area contributed by atoms with Crippen molar-refractivity contribution in [3.05, 3.63) is 62.8 Å². The predicted molar refractivity (Wildman–Crippen MR) is 110 cm³/mol. The third-order valence-electron chi connectivity index (χ3n) is 5.48. The first-order valence-electron chi connectivity index (χ1n) is 9.61. The zero-order valence-electron chi connectivity index (χ0n) is 16.8. The van der Waals surface area contributed by atoms with Crippen molar-refractivity contribution in [3.63, 3.8) is 0 Å². The molecule has 1 fully saturated rings. The number of aryl methyl sites for hydroxylation is 1. The highest BCUT2D eigenvalue weighted by atomic mass is 32.2. The average molecular weight is 407 g/mol. The molecule has 1 saturated carbocycles. The highest BCUT2D eigenvalue weighted by Crippen LogP contribution is 2.30. The van der Waals surface area contributed by atoms with Gasteiger partial charge in [-0.05, 0) is 63.3 Å². The molecule has 7 heteroatoms. The molecule has 0 aliphatic heterocycles. The van der Waals surface area contributed by atoms with Gasteiger partial charge in [0.15, 0.2) is 0 Å². The van der Waals surface area contributed by atoms with Crippen LogP contribution in [0.5, 0.6) is 0 Å². The van der Waals surface area contributed by atoms with Gasteiger partial charge in [0, 0.05) is 24.2 Å². The smallest absolute Gasteiger partial charge is 0.254 e. The van der Waals surface area contributed by atoms with Crippen LogP contribution in [0.3, 0.4) is 0 Å². The van der Waals surface area contributed by atoms with E-state index in [1.165, 1.54) is 10.6 Å². The number of halogens is 1. The van der Waals surface area contributed by atoms with E-state index in [-0.39, 0.29) is 23.8 Å². The molecule has 152 valence electrons. The monoisotopic (exact) mass is 406 g/mol. The van der Waals surface area contributed by atoms with E-state index in [4.69, 9.17) is 0 Å². The molecule has 3 rings (SSSR count). The van der Waals surface area contributed by atoms with Gasteiger partial charge in [0.1, 0.15) is 5.82 Å². The molecule has 1 heterocycles. The van der Waals surface area contributed by atoms with Crippen molar-refractivity contribution in [1.29, 1.82) is 0 Å². The summed E-state index contributed by atoms with van der Waals surface area (Å²) in [5, 5.41) is -0.406. The number of aromatic nitrogens is 1. The van der Waals surface area contributed by atoms with E-state index in [0.29, 0.717) is 35.2 Å². The summed E-state index contributed by atoms with van der Waals surface area (Å²) in [5.74, 6) is -0.361. The van der Waals surface area contributed by atoms with Gasteiger partial charge in [-0.25, -0.2) is 12.8 Å². The molecule has 5 nitrogen and oxygen atoms in total. The Bertz CT molecular complexity index is 1050. The first-order chi connectivity index (χ1) is 13.1. The molecule has 0 spiro atoms. The average Bonchev–Trinajstić information content (AvgIpc) is 2.53. The van der Waals surface area contributed by atoms with Crippen LogP contribution in [-0.2, 0) is 16.4 Å². The third kappa shape index (κ3) is 3.99. The van der Waals surface area contributed by atoms with Gasteiger partial charge >= 0.3 is 0 Å². The Hall–Kier alpha value is -2.15. The van der Waals surface area contributed by atoms with Crippen LogP contribution < -0.4 is 10.3 Å². The second-order valence-electron chi connectivity index (χ2n) is 7.92. The molecule has 1 aliphatic carbocycles. The van der Waals surface area contributed by atoms with Crippen molar-refractivity contribution in [2.45, 2.75) is 64.7 Å². The van der Waals surface area contributed by atoms with E-state index < -0.39 is 15.3 Å². The lowest BCUT2D eigenvalue weighted by Gasteiger charge is -2.27. The lowest BCUT2D eigenvalue weighted by atomic mass is 9.99. The predicted octanol–water partition coefficient (Wildman–Crippen LogP) is 4.07. The number of nitrogens with one attached hydrogen (secondary N) is 1. The molecular weight excluding hydrogens is 379 g/mol. The van der Waals surface area contributed by atoms with Gasteiger partial charge in [0.05, 0.1) is 10.9 Å². The SMILES string of the molecule is Cc1ccc(Cc2c(NS(=O)(=O)C3CCC3)cn(C(C)C)c(=O)c2C)c(F)c1. The van der Waals surface area contributed by atoms with Crippen LogP contribution in [0.25, 0.3) is 0 Å². The Morgan fingerprint density at radius 3 is 2.46 bits per heavy atom. The third-order valence-corrected chi connectivity index (χ3v) is 7.33. The largest absolute Gasteiger partial charge is 0.311 e. The summed E-state index contributed by atoms with van der Waals surface area (Å²) in [6, 6.07) is 4.81. The van der Waals surface area contributed by atoms with Gasteiger partial charge in [-0.3, -0.25) is 9.52 Å². The maximum absolute atomic E-state index is 14.4. The minimum absolute atomic E-state index is 0.122. The molecule has 0 atom stereocenters. The fraction of sp³-hybridized carbons (Fsp3) is 0.476. The van der Waals surface area contributed by atoms with Crippen LogP contribution in [0.1, 0.15) is 61.4 Å². The summed E-state index contributed by atoms with van der Waals surface area (Å²) in [6.07, 6.45) is 3.88. The van der Waals surface area contributed by atoms with Crippen molar-refractivity contribution in [2.24, 2.45) is 0 Å². The Labute approximate surface area is 165 Å².